The van der Waals surface area contributed by atoms with Crippen molar-refractivity contribution >= 4 is 5.91 Å². The summed E-state index contributed by atoms with van der Waals surface area (Å²) < 4.78 is 0. The molecule has 2 atom stereocenters. The van der Waals surface area contributed by atoms with Crippen molar-refractivity contribution in [1.29, 1.82) is 0 Å². The molecule has 92 valence electrons. The number of amides is 1. The molecule has 2 rings (SSSR count). The van der Waals surface area contributed by atoms with Crippen molar-refractivity contribution in [2.24, 2.45) is 0 Å². The fourth-order valence-corrected chi connectivity index (χ4v) is 2.88. The van der Waals surface area contributed by atoms with Crippen LogP contribution in [0.15, 0.2) is 0 Å². The van der Waals surface area contributed by atoms with Crippen molar-refractivity contribution in [2.45, 2.75) is 44.8 Å². The van der Waals surface area contributed by atoms with Gasteiger partial charge in [-0.15, -0.1) is 0 Å². The van der Waals surface area contributed by atoms with Crippen LogP contribution in [0.4, 0.5) is 0 Å². The van der Waals surface area contributed by atoms with E-state index in [0.717, 1.165) is 39.0 Å². The van der Waals surface area contributed by atoms with Gasteiger partial charge < -0.3 is 14.9 Å². The monoisotopic (exact) mass is 226 g/mol. The van der Waals surface area contributed by atoms with E-state index in [9.17, 15) is 9.90 Å². The molecule has 1 amide bonds. The lowest BCUT2D eigenvalue weighted by atomic mass is 9.98. The van der Waals surface area contributed by atoms with Crippen LogP contribution in [-0.4, -0.2) is 59.1 Å². The molecular formula is C12H22N2O2. The predicted octanol–water partition coefficient (Wildman–Crippen LogP) is 0.454. The number of likely N-dealkylation sites (tertiary alicyclic amines) is 2. The minimum Gasteiger partial charge on any atom is -0.391 e. The molecule has 2 heterocycles. The number of nitrogens with zero attached hydrogens (tertiary/aromatic N) is 2. The summed E-state index contributed by atoms with van der Waals surface area (Å²) in [6.45, 7) is 5.50. The molecule has 4 heteroatoms. The van der Waals surface area contributed by atoms with E-state index in [-0.39, 0.29) is 18.1 Å². The Morgan fingerprint density at radius 1 is 1.25 bits per heavy atom. The Balaban J connectivity index is 1.98. The van der Waals surface area contributed by atoms with Crippen molar-refractivity contribution in [3.63, 3.8) is 0 Å². The largest absolute Gasteiger partial charge is 0.391 e. The highest BCUT2D eigenvalue weighted by molar-refractivity contribution is 5.73. The zero-order valence-electron chi connectivity index (χ0n) is 10.1. The number of aliphatic hydroxyl groups excluding tert-OH is 1. The number of carbonyl (C=O) groups is 1. The molecular weight excluding hydrogens is 204 g/mol. The highest BCUT2D eigenvalue weighted by Crippen LogP contribution is 2.20. The first-order valence-electron chi connectivity index (χ1n) is 6.36. The van der Waals surface area contributed by atoms with Crippen molar-refractivity contribution in [3.8, 4) is 0 Å². The van der Waals surface area contributed by atoms with Gasteiger partial charge in [0, 0.05) is 20.0 Å². The number of carbonyl (C=O) groups excluding carboxylic acids is 1. The fraction of sp³-hybridized carbons (Fsp3) is 0.917. The van der Waals surface area contributed by atoms with E-state index in [0.29, 0.717) is 0 Å². The molecule has 0 bridgehead atoms. The van der Waals surface area contributed by atoms with Crippen molar-refractivity contribution in [1.82, 2.24) is 9.80 Å². The predicted molar refractivity (Wildman–Crippen MR) is 62.1 cm³/mol. The highest BCUT2D eigenvalue weighted by Gasteiger charge is 2.33. The molecule has 0 aliphatic carbocycles. The first-order chi connectivity index (χ1) is 7.68. The van der Waals surface area contributed by atoms with Crippen LogP contribution in [-0.2, 0) is 4.79 Å². The Labute approximate surface area is 97.2 Å². The third kappa shape index (κ3) is 2.55. The van der Waals surface area contributed by atoms with E-state index in [1.807, 2.05) is 4.90 Å². The van der Waals surface area contributed by atoms with Crippen molar-refractivity contribution in [2.75, 3.05) is 26.2 Å². The van der Waals surface area contributed by atoms with Crippen LogP contribution >= 0.6 is 0 Å². The van der Waals surface area contributed by atoms with Crippen LogP contribution in [0.25, 0.3) is 0 Å². The first kappa shape index (κ1) is 11.9. The Bertz CT molecular complexity index is 251. The molecule has 2 aliphatic rings. The van der Waals surface area contributed by atoms with Gasteiger partial charge in [-0.3, -0.25) is 4.79 Å². The van der Waals surface area contributed by atoms with Gasteiger partial charge >= 0.3 is 0 Å². The molecule has 0 aromatic rings. The number of hydrogen-bond acceptors (Lipinski definition) is 3. The van der Waals surface area contributed by atoms with Crippen LogP contribution < -0.4 is 0 Å². The Hall–Kier alpha value is -0.610. The van der Waals surface area contributed by atoms with Gasteiger partial charge in [0.2, 0.25) is 5.91 Å². The second-order valence-electron chi connectivity index (χ2n) is 5.00. The second-order valence-corrected chi connectivity index (χ2v) is 5.00. The molecule has 0 aromatic heterocycles. The van der Waals surface area contributed by atoms with Crippen LogP contribution in [0.3, 0.4) is 0 Å². The van der Waals surface area contributed by atoms with Crippen LogP contribution in [0.2, 0.25) is 0 Å². The second kappa shape index (κ2) is 5.15. The molecule has 0 saturated carbocycles. The minimum atomic E-state index is -0.335. The van der Waals surface area contributed by atoms with Crippen LogP contribution in [0.1, 0.15) is 32.6 Å². The topological polar surface area (TPSA) is 43.8 Å². The van der Waals surface area contributed by atoms with Crippen LogP contribution in [0.5, 0.6) is 0 Å². The van der Waals surface area contributed by atoms with E-state index in [1.54, 1.807) is 6.92 Å². The Morgan fingerprint density at radius 2 is 1.94 bits per heavy atom. The molecule has 0 spiro atoms. The van der Waals surface area contributed by atoms with E-state index < -0.39 is 0 Å². The maximum atomic E-state index is 11.5. The third-order valence-electron chi connectivity index (χ3n) is 3.79. The zero-order valence-corrected chi connectivity index (χ0v) is 10.1. The molecule has 2 unspecified atom stereocenters. The van der Waals surface area contributed by atoms with Gasteiger partial charge in [0.05, 0.1) is 12.1 Å². The van der Waals surface area contributed by atoms with Crippen molar-refractivity contribution in [3.05, 3.63) is 0 Å². The standard InChI is InChI=1S/C12H22N2O2/c1-10(15)14-8-4-5-12(16)11(14)9-13-6-2-3-7-13/h11-12,16H,2-9H2,1H3. The van der Waals surface area contributed by atoms with Gasteiger partial charge in [0.1, 0.15) is 0 Å². The summed E-state index contributed by atoms with van der Waals surface area (Å²) in [6, 6.07) is 0.0179. The SMILES string of the molecule is CC(=O)N1CCCC(O)C1CN1CCCC1. The molecule has 2 aliphatic heterocycles. The van der Waals surface area contributed by atoms with E-state index in [1.165, 1.54) is 12.8 Å². The fourth-order valence-electron chi connectivity index (χ4n) is 2.88. The molecule has 2 saturated heterocycles. The molecule has 0 radical (unpaired) electrons. The summed E-state index contributed by atoms with van der Waals surface area (Å²) in [7, 11) is 0. The summed E-state index contributed by atoms with van der Waals surface area (Å²) in [5.41, 5.74) is 0. The van der Waals surface area contributed by atoms with Gasteiger partial charge in [0.25, 0.3) is 0 Å². The lowest BCUT2D eigenvalue weighted by Gasteiger charge is -2.40. The van der Waals surface area contributed by atoms with Gasteiger partial charge in [-0.25, -0.2) is 0 Å². The Kier molecular flexibility index (Phi) is 3.82. The summed E-state index contributed by atoms with van der Waals surface area (Å²) >= 11 is 0. The third-order valence-corrected chi connectivity index (χ3v) is 3.79. The molecule has 0 aromatic carbocycles. The first-order valence-corrected chi connectivity index (χ1v) is 6.36. The average Bonchev–Trinajstić information content (AvgIpc) is 2.73. The van der Waals surface area contributed by atoms with Crippen molar-refractivity contribution < 1.29 is 9.90 Å². The zero-order chi connectivity index (χ0) is 11.5. The highest BCUT2D eigenvalue weighted by atomic mass is 16.3. The number of rotatable bonds is 2. The van der Waals surface area contributed by atoms with Gasteiger partial charge in [-0.05, 0) is 38.8 Å². The summed E-state index contributed by atoms with van der Waals surface area (Å²) in [4.78, 5) is 15.7. The number of piperidine rings is 1. The van der Waals surface area contributed by atoms with Gasteiger partial charge in [0.15, 0.2) is 0 Å². The average molecular weight is 226 g/mol. The van der Waals surface area contributed by atoms with E-state index >= 15 is 0 Å². The molecule has 16 heavy (non-hydrogen) atoms. The quantitative estimate of drug-likeness (QED) is 0.743. The number of aliphatic hydroxyl groups is 1. The van der Waals surface area contributed by atoms with Crippen LogP contribution in [0, 0.1) is 0 Å². The lowest BCUT2D eigenvalue weighted by Crippen LogP contribution is -2.55. The summed E-state index contributed by atoms with van der Waals surface area (Å²) in [5.74, 6) is 0.1000. The van der Waals surface area contributed by atoms with E-state index in [4.69, 9.17) is 0 Å². The maximum Gasteiger partial charge on any atom is 0.219 e. The van der Waals surface area contributed by atoms with Gasteiger partial charge in [-0.2, -0.15) is 0 Å². The number of hydrogen-bond donors (Lipinski definition) is 1. The summed E-state index contributed by atoms with van der Waals surface area (Å²) in [6.07, 6.45) is 3.93. The minimum absolute atomic E-state index is 0.0179. The van der Waals surface area contributed by atoms with E-state index in [2.05, 4.69) is 4.90 Å². The molecule has 2 fully saturated rings. The Morgan fingerprint density at radius 3 is 2.56 bits per heavy atom. The molecule has 1 N–H and O–H groups in total. The smallest absolute Gasteiger partial charge is 0.219 e. The lowest BCUT2D eigenvalue weighted by molar-refractivity contribution is -0.137. The molecule has 4 nitrogen and oxygen atoms in total. The summed E-state index contributed by atoms with van der Waals surface area (Å²) in [5, 5.41) is 10.0. The normalized spacial score (nSPS) is 32.0. The van der Waals surface area contributed by atoms with Gasteiger partial charge in [-0.1, -0.05) is 0 Å². The maximum absolute atomic E-state index is 11.5.